The zero-order valence-electron chi connectivity index (χ0n) is 9.83. The minimum absolute atomic E-state index is 0.166. The number of nitrogens with one attached hydrogen (secondary N) is 1. The maximum absolute atomic E-state index is 11.5. The van der Waals surface area contributed by atoms with Crippen LogP contribution in [-0.2, 0) is 0 Å². The number of amides is 1. The van der Waals surface area contributed by atoms with E-state index < -0.39 is 4.92 Å². The summed E-state index contributed by atoms with van der Waals surface area (Å²) in [6.07, 6.45) is 3.26. The molecule has 8 heteroatoms. The minimum Gasteiger partial charge on any atom is -0.355 e. The van der Waals surface area contributed by atoms with E-state index in [0.29, 0.717) is 5.69 Å². The van der Waals surface area contributed by atoms with Crippen molar-refractivity contribution in [2.45, 2.75) is 0 Å². The van der Waals surface area contributed by atoms with Gasteiger partial charge in [-0.3, -0.25) is 14.9 Å². The Kier molecular flexibility index (Phi) is 3.79. The third kappa shape index (κ3) is 2.72. The lowest BCUT2D eigenvalue weighted by Gasteiger charge is -2.05. The van der Waals surface area contributed by atoms with Gasteiger partial charge in [-0.15, -0.1) is 0 Å². The van der Waals surface area contributed by atoms with Gasteiger partial charge in [-0.05, 0) is 34.7 Å². The van der Waals surface area contributed by atoms with Crippen LogP contribution < -0.4 is 5.32 Å². The van der Waals surface area contributed by atoms with E-state index in [1.165, 1.54) is 29.9 Å². The SMILES string of the molecule is CNC(=O)c1ccc(-n2cc(I)cn2)c([N+](=O)[O-])c1. The minimum atomic E-state index is -0.531. The summed E-state index contributed by atoms with van der Waals surface area (Å²) in [7, 11) is 1.47. The second kappa shape index (κ2) is 5.34. The van der Waals surface area contributed by atoms with Gasteiger partial charge in [-0.2, -0.15) is 5.10 Å². The molecule has 0 bridgehead atoms. The second-order valence-electron chi connectivity index (χ2n) is 3.64. The molecule has 0 aliphatic heterocycles. The number of aromatic nitrogens is 2. The average molecular weight is 372 g/mol. The molecule has 0 radical (unpaired) electrons. The van der Waals surface area contributed by atoms with Crippen molar-refractivity contribution in [2.75, 3.05) is 7.05 Å². The molecule has 98 valence electrons. The van der Waals surface area contributed by atoms with Gasteiger partial charge in [-0.25, -0.2) is 4.68 Å². The van der Waals surface area contributed by atoms with E-state index >= 15 is 0 Å². The number of nitrogens with zero attached hydrogens (tertiary/aromatic N) is 3. The molecule has 0 aliphatic carbocycles. The number of rotatable bonds is 3. The highest BCUT2D eigenvalue weighted by Gasteiger charge is 2.19. The molecule has 0 fully saturated rings. The number of nitro groups is 1. The summed E-state index contributed by atoms with van der Waals surface area (Å²) in [6.45, 7) is 0. The zero-order chi connectivity index (χ0) is 14.0. The molecule has 0 saturated carbocycles. The number of carbonyl (C=O) groups excluding carboxylic acids is 1. The van der Waals surface area contributed by atoms with E-state index in [-0.39, 0.29) is 17.2 Å². The normalized spacial score (nSPS) is 10.2. The van der Waals surface area contributed by atoms with E-state index in [9.17, 15) is 14.9 Å². The highest BCUT2D eigenvalue weighted by atomic mass is 127. The van der Waals surface area contributed by atoms with Crippen molar-refractivity contribution in [3.8, 4) is 5.69 Å². The summed E-state index contributed by atoms with van der Waals surface area (Å²) in [5.41, 5.74) is 0.390. The lowest BCUT2D eigenvalue weighted by Crippen LogP contribution is -2.18. The standard InChI is InChI=1S/C11H9IN4O3/c1-13-11(17)7-2-3-9(10(4-7)16(18)19)15-6-8(12)5-14-15/h2-6H,1H3,(H,13,17). The van der Waals surface area contributed by atoms with Gasteiger partial charge in [0.25, 0.3) is 11.6 Å². The van der Waals surface area contributed by atoms with Crippen molar-refractivity contribution in [3.05, 3.63) is 49.8 Å². The van der Waals surface area contributed by atoms with Crippen molar-refractivity contribution in [1.29, 1.82) is 0 Å². The summed E-state index contributed by atoms with van der Waals surface area (Å²) in [5, 5.41) is 17.5. The number of hydrogen-bond donors (Lipinski definition) is 1. The van der Waals surface area contributed by atoms with Gasteiger partial charge in [0, 0.05) is 24.9 Å². The Bertz CT molecular complexity index is 653. The predicted molar refractivity (Wildman–Crippen MR) is 76.3 cm³/mol. The molecule has 1 aromatic heterocycles. The zero-order valence-corrected chi connectivity index (χ0v) is 12.0. The van der Waals surface area contributed by atoms with Crippen LogP contribution in [0.4, 0.5) is 5.69 Å². The first kappa shape index (κ1) is 13.5. The van der Waals surface area contributed by atoms with E-state index in [4.69, 9.17) is 0 Å². The molecule has 0 unspecified atom stereocenters. The van der Waals surface area contributed by atoms with Crippen LogP contribution in [0.1, 0.15) is 10.4 Å². The summed E-state index contributed by atoms with van der Waals surface area (Å²) in [5.74, 6) is -0.371. The molecule has 1 aromatic carbocycles. The molecule has 2 aromatic rings. The molecule has 0 atom stereocenters. The van der Waals surface area contributed by atoms with Crippen LogP contribution in [0.2, 0.25) is 0 Å². The highest BCUT2D eigenvalue weighted by molar-refractivity contribution is 14.1. The quantitative estimate of drug-likeness (QED) is 0.505. The van der Waals surface area contributed by atoms with E-state index in [0.717, 1.165) is 3.57 Å². The molecular weight excluding hydrogens is 363 g/mol. The monoisotopic (exact) mass is 372 g/mol. The summed E-state index contributed by atoms with van der Waals surface area (Å²) in [6, 6.07) is 4.27. The van der Waals surface area contributed by atoms with Crippen LogP contribution in [0.5, 0.6) is 0 Å². The second-order valence-corrected chi connectivity index (χ2v) is 4.89. The van der Waals surface area contributed by atoms with E-state index in [1.807, 2.05) is 0 Å². The van der Waals surface area contributed by atoms with E-state index in [2.05, 4.69) is 33.0 Å². The number of halogens is 1. The van der Waals surface area contributed by atoms with Gasteiger partial charge >= 0.3 is 0 Å². The first-order valence-corrected chi connectivity index (χ1v) is 6.32. The molecule has 0 saturated heterocycles. The van der Waals surface area contributed by atoms with Gasteiger partial charge in [-0.1, -0.05) is 0 Å². The largest absolute Gasteiger partial charge is 0.355 e. The average Bonchev–Trinajstić information content (AvgIpc) is 2.83. The molecule has 0 spiro atoms. The molecule has 2 rings (SSSR count). The van der Waals surface area contributed by atoms with Crippen molar-refractivity contribution in [1.82, 2.24) is 15.1 Å². The number of nitro benzene ring substituents is 1. The maximum atomic E-state index is 11.5. The van der Waals surface area contributed by atoms with Crippen molar-refractivity contribution in [2.24, 2.45) is 0 Å². The number of carbonyl (C=O) groups is 1. The van der Waals surface area contributed by atoms with Crippen LogP contribution in [0.3, 0.4) is 0 Å². The van der Waals surface area contributed by atoms with Crippen LogP contribution in [-0.4, -0.2) is 27.7 Å². The van der Waals surface area contributed by atoms with Gasteiger partial charge in [0.05, 0.1) is 14.7 Å². The van der Waals surface area contributed by atoms with Gasteiger partial charge in [0.2, 0.25) is 0 Å². The highest BCUT2D eigenvalue weighted by Crippen LogP contribution is 2.24. The summed E-state index contributed by atoms with van der Waals surface area (Å²) >= 11 is 2.06. The Morgan fingerprint density at radius 3 is 2.79 bits per heavy atom. The Morgan fingerprint density at radius 1 is 1.53 bits per heavy atom. The van der Waals surface area contributed by atoms with Crippen molar-refractivity contribution < 1.29 is 9.72 Å². The number of benzene rings is 1. The maximum Gasteiger partial charge on any atom is 0.295 e. The first-order valence-electron chi connectivity index (χ1n) is 5.24. The van der Waals surface area contributed by atoms with Gasteiger partial charge in [0.1, 0.15) is 5.69 Å². The van der Waals surface area contributed by atoms with E-state index in [1.54, 1.807) is 12.4 Å². The molecular formula is C11H9IN4O3. The molecule has 0 aliphatic rings. The van der Waals surface area contributed by atoms with Gasteiger partial charge < -0.3 is 5.32 Å². The third-order valence-corrected chi connectivity index (χ3v) is 3.02. The Labute approximate surface area is 121 Å². The van der Waals surface area contributed by atoms with Gasteiger partial charge in [0.15, 0.2) is 0 Å². The fourth-order valence-corrected chi connectivity index (χ4v) is 1.97. The van der Waals surface area contributed by atoms with Crippen LogP contribution in [0.25, 0.3) is 5.69 Å². The van der Waals surface area contributed by atoms with Crippen molar-refractivity contribution >= 4 is 34.2 Å². The lowest BCUT2D eigenvalue weighted by atomic mass is 10.1. The molecule has 1 N–H and O–H groups in total. The van der Waals surface area contributed by atoms with Crippen molar-refractivity contribution in [3.63, 3.8) is 0 Å². The topological polar surface area (TPSA) is 90.1 Å². The van der Waals surface area contributed by atoms with Crippen LogP contribution in [0.15, 0.2) is 30.6 Å². The lowest BCUT2D eigenvalue weighted by molar-refractivity contribution is -0.384. The smallest absolute Gasteiger partial charge is 0.295 e. The molecule has 19 heavy (non-hydrogen) atoms. The molecule has 1 heterocycles. The summed E-state index contributed by atoms with van der Waals surface area (Å²) in [4.78, 5) is 22.0. The molecule has 1 amide bonds. The first-order chi connectivity index (χ1) is 9.02. The fraction of sp³-hybridized carbons (Fsp3) is 0.0909. The molecule has 7 nitrogen and oxygen atoms in total. The predicted octanol–water partition coefficient (Wildman–Crippen LogP) is 1.74. The third-order valence-electron chi connectivity index (χ3n) is 2.46. The fourth-order valence-electron chi connectivity index (χ4n) is 1.58. The Balaban J connectivity index is 2.56. The van der Waals surface area contributed by atoms with Crippen LogP contribution in [0, 0.1) is 13.7 Å². The Hall–Kier alpha value is -1.97. The summed E-state index contributed by atoms with van der Waals surface area (Å²) < 4.78 is 2.27. The van der Waals surface area contributed by atoms with Crippen LogP contribution >= 0.6 is 22.6 Å². The number of hydrogen-bond acceptors (Lipinski definition) is 4. The Morgan fingerprint density at radius 2 is 2.26 bits per heavy atom.